The number of hydrogen-bond acceptors (Lipinski definition) is 6. The van der Waals surface area contributed by atoms with Gasteiger partial charge >= 0.3 is 17.9 Å². The summed E-state index contributed by atoms with van der Waals surface area (Å²) >= 11 is 0. The fourth-order valence-corrected chi connectivity index (χ4v) is 8.37. The number of carbonyl (C=O) groups excluding carboxylic acids is 3. The average Bonchev–Trinajstić information content (AvgIpc) is 3.47. The summed E-state index contributed by atoms with van der Waals surface area (Å²) in [6.07, 6.45) is 99.3. The molecular formula is C75H118O6. The van der Waals surface area contributed by atoms with Crippen LogP contribution in [0.4, 0.5) is 0 Å². The van der Waals surface area contributed by atoms with Crippen LogP contribution in [0, 0.1) is 0 Å². The Balaban J connectivity index is 4.51. The lowest BCUT2D eigenvalue weighted by Gasteiger charge is -2.18. The van der Waals surface area contributed by atoms with Crippen molar-refractivity contribution >= 4 is 17.9 Å². The average molecular weight is 1120 g/mol. The highest BCUT2D eigenvalue weighted by atomic mass is 16.6. The molecule has 0 saturated heterocycles. The first-order valence-electron chi connectivity index (χ1n) is 32.6. The Kier molecular flexibility index (Phi) is 62.9. The lowest BCUT2D eigenvalue weighted by atomic mass is 10.1. The molecular weight excluding hydrogens is 997 g/mol. The van der Waals surface area contributed by atoms with Crippen molar-refractivity contribution in [1.82, 2.24) is 0 Å². The predicted molar refractivity (Wildman–Crippen MR) is 352 cm³/mol. The summed E-state index contributed by atoms with van der Waals surface area (Å²) in [6.45, 7) is 6.33. The summed E-state index contributed by atoms with van der Waals surface area (Å²) in [6, 6.07) is 0. The molecule has 454 valence electrons. The van der Waals surface area contributed by atoms with Crippen molar-refractivity contribution in [2.24, 2.45) is 0 Å². The van der Waals surface area contributed by atoms with E-state index in [9.17, 15) is 14.4 Å². The first kappa shape index (κ1) is 75.8. The Hall–Kier alpha value is -5.23. The van der Waals surface area contributed by atoms with Crippen molar-refractivity contribution in [2.75, 3.05) is 13.2 Å². The molecule has 0 aromatic carbocycles. The predicted octanol–water partition coefficient (Wildman–Crippen LogP) is 22.7. The number of esters is 3. The molecule has 0 aliphatic heterocycles. The fraction of sp³-hybridized carbons (Fsp3) is 0.587. The Labute approximate surface area is 498 Å². The number of rotatable bonds is 57. The van der Waals surface area contributed by atoms with E-state index in [0.29, 0.717) is 19.3 Å². The SMILES string of the molecule is CC/C=C\C/C=C\C/C=C\C/C=C\C/C=C\C/C=C\C/C=C\C/C=C\C/C=C\CCCC(=O)OCC(COC(=O)CCCCCCCCC/C=C\C/C=C\CCCCC)OC(=O)CCCCCCCCC/C=C\C/C=C\C/C=C\CC. The second-order valence-electron chi connectivity index (χ2n) is 20.9. The summed E-state index contributed by atoms with van der Waals surface area (Å²) in [5, 5.41) is 0. The van der Waals surface area contributed by atoms with Crippen LogP contribution in [-0.4, -0.2) is 37.2 Å². The van der Waals surface area contributed by atoms with Gasteiger partial charge in [-0.3, -0.25) is 14.4 Å². The molecule has 0 radical (unpaired) electrons. The third kappa shape index (κ3) is 65.5. The molecule has 0 bridgehead atoms. The van der Waals surface area contributed by atoms with Gasteiger partial charge in [-0.05, 0) is 148 Å². The Morgan fingerprint density at radius 2 is 0.494 bits per heavy atom. The monoisotopic (exact) mass is 1110 g/mol. The lowest BCUT2D eigenvalue weighted by Crippen LogP contribution is -2.30. The van der Waals surface area contributed by atoms with E-state index in [4.69, 9.17) is 14.2 Å². The lowest BCUT2D eigenvalue weighted by molar-refractivity contribution is -0.167. The quantitative estimate of drug-likeness (QED) is 0.0261. The van der Waals surface area contributed by atoms with Gasteiger partial charge in [0.25, 0.3) is 0 Å². The van der Waals surface area contributed by atoms with Crippen molar-refractivity contribution < 1.29 is 28.6 Å². The Bertz CT molecular complexity index is 1860. The van der Waals surface area contributed by atoms with Gasteiger partial charge in [-0.2, -0.15) is 0 Å². The second-order valence-corrected chi connectivity index (χ2v) is 20.9. The zero-order chi connectivity index (χ0) is 58.5. The van der Waals surface area contributed by atoms with Crippen molar-refractivity contribution in [3.05, 3.63) is 170 Å². The Morgan fingerprint density at radius 3 is 0.802 bits per heavy atom. The second kappa shape index (κ2) is 67.3. The van der Waals surface area contributed by atoms with Gasteiger partial charge in [-0.25, -0.2) is 0 Å². The molecule has 0 saturated carbocycles. The van der Waals surface area contributed by atoms with Crippen LogP contribution < -0.4 is 0 Å². The largest absolute Gasteiger partial charge is 0.462 e. The first-order valence-corrected chi connectivity index (χ1v) is 32.6. The zero-order valence-electron chi connectivity index (χ0n) is 52.0. The summed E-state index contributed by atoms with van der Waals surface area (Å²) in [7, 11) is 0. The van der Waals surface area contributed by atoms with Crippen molar-refractivity contribution in [3.63, 3.8) is 0 Å². The summed E-state index contributed by atoms with van der Waals surface area (Å²) in [4.78, 5) is 38.3. The van der Waals surface area contributed by atoms with Gasteiger partial charge in [0.2, 0.25) is 0 Å². The molecule has 0 fully saturated rings. The highest BCUT2D eigenvalue weighted by Gasteiger charge is 2.19. The van der Waals surface area contributed by atoms with Crippen LogP contribution in [0.1, 0.15) is 265 Å². The van der Waals surface area contributed by atoms with Crippen LogP contribution in [0.2, 0.25) is 0 Å². The van der Waals surface area contributed by atoms with E-state index in [1.54, 1.807) is 0 Å². The molecule has 81 heavy (non-hydrogen) atoms. The molecule has 1 unspecified atom stereocenters. The first-order chi connectivity index (χ1) is 40.0. The summed E-state index contributed by atoms with van der Waals surface area (Å²) in [5.41, 5.74) is 0. The topological polar surface area (TPSA) is 78.9 Å². The van der Waals surface area contributed by atoms with Crippen LogP contribution in [0.25, 0.3) is 0 Å². The molecule has 6 nitrogen and oxygen atoms in total. The molecule has 0 amide bonds. The fourth-order valence-electron chi connectivity index (χ4n) is 8.37. The van der Waals surface area contributed by atoms with E-state index >= 15 is 0 Å². The van der Waals surface area contributed by atoms with Gasteiger partial charge in [0.15, 0.2) is 6.10 Å². The number of ether oxygens (including phenoxy) is 3. The van der Waals surface area contributed by atoms with Crippen molar-refractivity contribution in [2.45, 2.75) is 271 Å². The molecule has 0 aliphatic rings. The number of unbranched alkanes of at least 4 members (excludes halogenated alkanes) is 18. The minimum Gasteiger partial charge on any atom is -0.462 e. The van der Waals surface area contributed by atoms with Gasteiger partial charge in [-0.1, -0.05) is 268 Å². The van der Waals surface area contributed by atoms with Crippen LogP contribution >= 0.6 is 0 Å². The third-order valence-electron chi connectivity index (χ3n) is 13.2. The summed E-state index contributed by atoms with van der Waals surface area (Å²) < 4.78 is 16.9. The maximum atomic E-state index is 12.9. The van der Waals surface area contributed by atoms with Gasteiger partial charge < -0.3 is 14.2 Å². The van der Waals surface area contributed by atoms with Gasteiger partial charge in [0.05, 0.1) is 0 Å². The molecule has 0 heterocycles. The van der Waals surface area contributed by atoms with Gasteiger partial charge in [-0.15, -0.1) is 0 Å². The molecule has 6 heteroatoms. The number of hydrogen-bond donors (Lipinski definition) is 0. The van der Waals surface area contributed by atoms with Crippen LogP contribution in [0.3, 0.4) is 0 Å². The molecule has 0 aromatic rings. The molecule has 0 spiro atoms. The minimum atomic E-state index is -0.821. The van der Waals surface area contributed by atoms with Crippen LogP contribution in [0.5, 0.6) is 0 Å². The zero-order valence-corrected chi connectivity index (χ0v) is 52.0. The highest BCUT2D eigenvalue weighted by Crippen LogP contribution is 2.14. The van der Waals surface area contributed by atoms with E-state index in [2.05, 4.69) is 191 Å². The van der Waals surface area contributed by atoms with Crippen molar-refractivity contribution in [3.8, 4) is 0 Å². The van der Waals surface area contributed by atoms with E-state index in [0.717, 1.165) is 148 Å². The van der Waals surface area contributed by atoms with E-state index in [1.165, 1.54) is 70.6 Å². The molecule has 1 atom stereocenters. The summed E-state index contributed by atoms with van der Waals surface area (Å²) in [5.74, 6) is -0.995. The smallest absolute Gasteiger partial charge is 0.306 e. The van der Waals surface area contributed by atoms with Gasteiger partial charge in [0.1, 0.15) is 13.2 Å². The molecule has 0 N–H and O–H groups in total. The highest BCUT2D eigenvalue weighted by molar-refractivity contribution is 5.71. The third-order valence-corrected chi connectivity index (χ3v) is 13.2. The van der Waals surface area contributed by atoms with Crippen LogP contribution in [-0.2, 0) is 28.6 Å². The van der Waals surface area contributed by atoms with Gasteiger partial charge in [0, 0.05) is 19.3 Å². The van der Waals surface area contributed by atoms with E-state index < -0.39 is 6.10 Å². The maximum absolute atomic E-state index is 12.9. The standard InChI is InChI=1S/C75H118O6/c1-4-7-10-13-16-19-22-25-28-31-32-33-34-35-36-37-38-39-40-41-42-45-47-50-53-56-59-62-65-68-74(77)80-71-72(81-75(78)69-66-63-60-57-54-51-48-44-30-27-24-21-18-15-12-9-6-3)70-79-73(76)67-64-61-58-55-52-49-46-43-29-26-23-20-17-14-11-8-5-2/h7,9-10,12,16-21,25-30,32-33,35-36,38-39,41-42,47,50,56,59,72H,4-6,8,11,13-15,22-24,31,34,37,40,43-46,48-49,51-55,57-58,60-71H2,1-3H3/b10-7-,12-9-,19-16-,20-17-,21-18-,28-25-,29-26-,30-27-,33-32-,36-35-,39-38-,42-41-,50-47-,59-56-. The van der Waals surface area contributed by atoms with E-state index in [-0.39, 0.29) is 37.5 Å². The maximum Gasteiger partial charge on any atom is 0.306 e. The minimum absolute atomic E-state index is 0.112. The Morgan fingerprint density at radius 1 is 0.259 bits per heavy atom. The molecule has 0 rings (SSSR count). The number of carbonyl (C=O) groups is 3. The molecule has 0 aliphatic carbocycles. The van der Waals surface area contributed by atoms with E-state index in [1.807, 2.05) is 0 Å². The molecule has 0 aromatic heterocycles. The van der Waals surface area contributed by atoms with Crippen molar-refractivity contribution in [1.29, 1.82) is 0 Å². The normalized spacial score (nSPS) is 13.3. The van der Waals surface area contributed by atoms with Crippen LogP contribution in [0.15, 0.2) is 170 Å². The number of allylic oxidation sites excluding steroid dienone is 28.